The topological polar surface area (TPSA) is 114 Å². The lowest BCUT2D eigenvalue weighted by molar-refractivity contribution is -0.147. The molecule has 5 rings (SSSR count). The van der Waals surface area contributed by atoms with Crippen LogP contribution in [0.2, 0.25) is 0 Å². The van der Waals surface area contributed by atoms with Crippen LogP contribution in [0.4, 0.5) is 4.79 Å². The Bertz CT molecular complexity index is 1330. The summed E-state index contributed by atoms with van der Waals surface area (Å²) in [5.41, 5.74) is 5.46. The average Bonchev–Trinajstić information content (AvgIpc) is 3.31. The number of carboxylic acid groups (broad SMARTS) is 1. The molecule has 8 nitrogen and oxygen atoms in total. The molecular weight excluding hydrogens is 520 g/mol. The highest BCUT2D eigenvalue weighted by Gasteiger charge is 2.36. The molecule has 0 bridgehead atoms. The lowest BCUT2D eigenvalue weighted by atomic mass is 9.83. The standard InChI is InChI=1S/C33H36N2O6/c1-21(40-19-22-11-3-2-4-12-22)30(32(37)38)35-31(36)27-17-9-10-18-29(27)34-33(39)41-20-28-25-15-7-5-13-23(25)24-14-6-8-16-26(24)28/h2-8,11-16,21,27-30H,9-10,17-20H2,1H3,(H,34,39)(H,35,36)(H,37,38)/t21-,27-,29+,30+/m1/s1. The highest BCUT2D eigenvalue weighted by atomic mass is 16.5. The minimum atomic E-state index is -1.22. The van der Waals surface area contributed by atoms with Crippen LogP contribution < -0.4 is 10.6 Å². The van der Waals surface area contributed by atoms with Crippen LogP contribution in [0.15, 0.2) is 78.9 Å². The van der Waals surface area contributed by atoms with Gasteiger partial charge in [-0.2, -0.15) is 0 Å². The quantitative estimate of drug-likeness (QED) is 0.314. The SMILES string of the molecule is C[C@@H](OCc1ccccc1)[C@H](NC(=O)[C@@H]1CCCC[C@@H]1NC(=O)OCC1c2ccccc2-c2ccccc21)C(=O)O. The summed E-state index contributed by atoms with van der Waals surface area (Å²) in [4.78, 5) is 38.3. The van der Waals surface area contributed by atoms with Gasteiger partial charge in [0.05, 0.1) is 18.6 Å². The molecule has 214 valence electrons. The predicted molar refractivity (Wildman–Crippen MR) is 154 cm³/mol. The van der Waals surface area contributed by atoms with Gasteiger partial charge in [-0.15, -0.1) is 0 Å². The van der Waals surface area contributed by atoms with Gasteiger partial charge < -0.3 is 25.2 Å². The maximum atomic E-state index is 13.3. The van der Waals surface area contributed by atoms with Crippen molar-refractivity contribution in [3.8, 4) is 11.1 Å². The van der Waals surface area contributed by atoms with Gasteiger partial charge in [0.25, 0.3) is 0 Å². The Morgan fingerprint density at radius 2 is 1.49 bits per heavy atom. The maximum absolute atomic E-state index is 13.3. The fourth-order valence-electron chi connectivity index (χ4n) is 5.95. The van der Waals surface area contributed by atoms with Gasteiger partial charge in [-0.1, -0.05) is 91.7 Å². The van der Waals surface area contributed by atoms with Crippen LogP contribution in [0.25, 0.3) is 11.1 Å². The van der Waals surface area contributed by atoms with E-state index in [1.807, 2.05) is 54.6 Å². The number of aliphatic carboxylic acids is 1. The fourth-order valence-corrected chi connectivity index (χ4v) is 5.95. The largest absolute Gasteiger partial charge is 0.480 e. The van der Waals surface area contributed by atoms with Crippen LogP contribution in [-0.2, 0) is 25.7 Å². The van der Waals surface area contributed by atoms with E-state index in [-0.39, 0.29) is 19.1 Å². The first-order valence-electron chi connectivity index (χ1n) is 14.2. The first-order valence-corrected chi connectivity index (χ1v) is 14.2. The number of amides is 2. The number of fused-ring (bicyclic) bond motifs is 3. The van der Waals surface area contributed by atoms with Crippen molar-refractivity contribution in [3.05, 3.63) is 95.6 Å². The summed E-state index contributed by atoms with van der Waals surface area (Å²) in [5.74, 6) is -2.20. The Hall–Kier alpha value is -4.17. The van der Waals surface area contributed by atoms with Crippen LogP contribution in [0.1, 0.15) is 55.2 Å². The number of hydrogen-bond donors (Lipinski definition) is 3. The molecule has 8 heteroatoms. The molecule has 0 radical (unpaired) electrons. The van der Waals surface area contributed by atoms with Gasteiger partial charge in [-0.25, -0.2) is 9.59 Å². The Morgan fingerprint density at radius 3 is 2.15 bits per heavy atom. The second-order valence-corrected chi connectivity index (χ2v) is 10.8. The molecule has 3 aromatic rings. The van der Waals surface area contributed by atoms with Gasteiger partial charge >= 0.3 is 12.1 Å². The number of hydrogen-bond acceptors (Lipinski definition) is 5. The molecule has 2 aliphatic carbocycles. The summed E-state index contributed by atoms with van der Waals surface area (Å²) < 4.78 is 11.5. The Morgan fingerprint density at radius 1 is 0.878 bits per heavy atom. The van der Waals surface area contributed by atoms with Crippen molar-refractivity contribution in [2.24, 2.45) is 5.92 Å². The molecule has 1 saturated carbocycles. The van der Waals surface area contributed by atoms with E-state index >= 15 is 0 Å². The van der Waals surface area contributed by atoms with E-state index in [4.69, 9.17) is 9.47 Å². The highest BCUT2D eigenvalue weighted by Crippen LogP contribution is 2.44. The predicted octanol–water partition coefficient (Wildman–Crippen LogP) is 5.26. The number of carboxylic acids is 1. The van der Waals surface area contributed by atoms with Crippen molar-refractivity contribution in [2.45, 2.75) is 63.3 Å². The third-order valence-electron chi connectivity index (χ3n) is 8.14. The number of ether oxygens (including phenoxy) is 2. The molecule has 1 fully saturated rings. The van der Waals surface area contributed by atoms with Crippen molar-refractivity contribution >= 4 is 18.0 Å². The molecule has 41 heavy (non-hydrogen) atoms. The summed E-state index contributed by atoms with van der Waals surface area (Å²) in [7, 11) is 0. The molecule has 3 aromatic carbocycles. The van der Waals surface area contributed by atoms with Crippen LogP contribution in [0.5, 0.6) is 0 Å². The lowest BCUT2D eigenvalue weighted by Crippen LogP contribution is -2.54. The van der Waals surface area contributed by atoms with E-state index in [9.17, 15) is 19.5 Å². The number of carbonyl (C=O) groups excluding carboxylic acids is 2. The van der Waals surface area contributed by atoms with E-state index in [0.29, 0.717) is 12.8 Å². The lowest BCUT2D eigenvalue weighted by Gasteiger charge is -2.32. The normalized spacial score (nSPS) is 19.3. The molecular formula is C33H36N2O6. The summed E-state index contributed by atoms with van der Waals surface area (Å²) in [6, 6.07) is 24.0. The molecule has 0 heterocycles. The fraction of sp³-hybridized carbons (Fsp3) is 0.364. The van der Waals surface area contributed by atoms with E-state index in [2.05, 4.69) is 34.9 Å². The summed E-state index contributed by atoms with van der Waals surface area (Å²) >= 11 is 0. The maximum Gasteiger partial charge on any atom is 0.407 e. The first-order chi connectivity index (χ1) is 19.9. The Kier molecular flexibility index (Phi) is 8.99. The Balaban J connectivity index is 1.18. The van der Waals surface area contributed by atoms with Crippen LogP contribution in [0, 0.1) is 5.92 Å². The zero-order valence-corrected chi connectivity index (χ0v) is 23.1. The molecule has 2 aliphatic rings. The van der Waals surface area contributed by atoms with E-state index in [1.54, 1.807) is 6.92 Å². The van der Waals surface area contributed by atoms with Gasteiger partial charge in [-0.3, -0.25) is 4.79 Å². The van der Waals surface area contributed by atoms with Crippen molar-refractivity contribution in [2.75, 3.05) is 6.61 Å². The van der Waals surface area contributed by atoms with E-state index in [1.165, 1.54) is 0 Å². The molecule has 0 aliphatic heterocycles. The second-order valence-electron chi connectivity index (χ2n) is 10.8. The smallest absolute Gasteiger partial charge is 0.407 e. The van der Waals surface area contributed by atoms with Gasteiger partial charge in [0.15, 0.2) is 6.04 Å². The molecule has 2 amide bonds. The summed E-state index contributed by atoms with van der Waals surface area (Å²) in [6.45, 7) is 2.05. The molecule has 0 unspecified atom stereocenters. The second kappa shape index (κ2) is 13.0. The minimum Gasteiger partial charge on any atom is -0.480 e. The van der Waals surface area contributed by atoms with Crippen molar-refractivity contribution in [1.29, 1.82) is 0 Å². The number of alkyl carbamates (subject to hydrolysis) is 1. The van der Waals surface area contributed by atoms with Gasteiger partial charge in [0, 0.05) is 12.0 Å². The summed E-state index contributed by atoms with van der Waals surface area (Å²) in [5, 5.41) is 15.4. The molecule has 4 atom stereocenters. The number of nitrogens with one attached hydrogen (secondary N) is 2. The summed E-state index contributed by atoms with van der Waals surface area (Å²) in [6.07, 6.45) is 1.50. The van der Waals surface area contributed by atoms with E-state index < -0.39 is 42.1 Å². The van der Waals surface area contributed by atoms with Gasteiger partial charge in [0.1, 0.15) is 6.61 Å². The van der Waals surface area contributed by atoms with Crippen molar-refractivity contribution in [1.82, 2.24) is 10.6 Å². The minimum absolute atomic E-state index is 0.0627. The van der Waals surface area contributed by atoms with E-state index in [0.717, 1.165) is 40.7 Å². The van der Waals surface area contributed by atoms with Crippen LogP contribution in [0.3, 0.4) is 0 Å². The highest BCUT2D eigenvalue weighted by molar-refractivity contribution is 5.86. The monoisotopic (exact) mass is 556 g/mol. The Labute approximate surface area is 240 Å². The van der Waals surface area contributed by atoms with Gasteiger partial charge in [-0.05, 0) is 47.6 Å². The zero-order chi connectivity index (χ0) is 28.8. The average molecular weight is 557 g/mol. The van der Waals surface area contributed by atoms with Crippen molar-refractivity contribution in [3.63, 3.8) is 0 Å². The first kappa shape index (κ1) is 28.4. The molecule has 3 N–H and O–H groups in total. The molecule has 0 saturated heterocycles. The molecule has 0 spiro atoms. The van der Waals surface area contributed by atoms with Gasteiger partial charge in [0.2, 0.25) is 5.91 Å². The third kappa shape index (κ3) is 6.60. The number of carbonyl (C=O) groups is 3. The zero-order valence-electron chi connectivity index (χ0n) is 23.1. The van der Waals surface area contributed by atoms with Crippen LogP contribution >= 0.6 is 0 Å². The number of benzene rings is 3. The van der Waals surface area contributed by atoms with Crippen molar-refractivity contribution < 1.29 is 29.0 Å². The molecule has 0 aromatic heterocycles. The van der Waals surface area contributed by atoms with Crippen LogP contribution in [-0.4, -0.2) is 47.9 Å². The number of rotatable bonds is 10. The third-order valence-corrected chi connectivity index (χ3v) is 8.14.